The van der Waals surface area contributed by atoms with E-state index in [4.69, 9.17) is 0 Å². The third-order valence-electron chi connectivity index (χ3n) is 4.25. The van der Waals surface area contributed by atoms with Gasteiger partial charge in [0.15, 0.2) is 5.96 Å². The topological polar surface area (TPSA) is 65.1 Å². The van der Waals surface area contributed by atoms with E-state index in [2.05, 4.69) is 37.9 Å². The number of nitrogens with zero attached hydrogens (tertiary/aromatic N) is 2. The monoisotopic (exact) mass is 387 g/mol. The molecule has 1 aromatic carbocycles. The van der Waals surface area contributed by atoms with E-state index in [0.717, 1.165) is 61.5 Å². The van der Waals surface area contributed by atoms with Crippen LogP contribution in [0.4, 0.5) is 4.39 Å². The number of fused-ring (bicyclic) bond motifs is 1. The Balaban J connectivity index is 1.48. The van der Waals surface area contributed by atoms with Crippen molar-refractivity contribution in [3.05, 3.63) is 51.9 Å². The number of guanidine groups is 1. The Hall–Kier alpha value is -2.41. The van der Waals surface area contributed by atoms with Crippen molar-refractivity contribution in [2.75, 3.05) is 19.6 Å². The van der Waals surface area contributed by atoms with Gasteiger partial charge >= 0.3 is 0 Å². The van der Waals surface area contributed by atoms with Crippen LogP contribution in [0.25, 0.3) is 10.9 Å². The predicted octanol–water partition coefficient (Wildman–Crippen LogP) is 3.80. The van der Waals surface area contributed by atoms with E-state index in [9.17, 15) is 4.39 Å². The van der Waals surface area contributed by atoms with Crippen LogP contribution in [0.2, 0.25) is 0 Å². The van der Waals surface area contributed by atoms with Gasteiger partial charge in [0, 0.05) is 54.2 Å². The van der Waals surface area contributed by atoms with E-state index in [1.165, 1.54) is 22.7 Å². The summed E-state index contributed by atoms with van der Waals surface area (Å²) in [7, 11) is 0. The summed E-state index contributed by atoms with van der Waals surface area (Å²) in [4.78, 5) is 12.3. The fourth-order valence-corrected chi connectivity index (χ4v) is 3.78. The van der Waals surface area contributed by atoms with Gasteiger partial charge in [0.05, 0.1) is 5.01 Å². The lowest BCUT2D eigenvalue weighted by Crippen LogP contribution is -2.38. The normalized spacial score (nSPS) is 11.9. The number of H-pyrrole nitrogens is 1. The smallest absolute Gasteiger partial charge is 0.191 e. The van der Waals surface area contributed by atoms with Gasteiger partial charge < -0.3 is 15.6 Å². The van der Waals surface area contributed by atoms with Crippen LogP contribution in [0.5, 0.6) is 0 Å². The Labute approximate surface area is 163 Å². The van der Waals surface area contributed by atoms with Gasteiger partial charge in [-0.25, -0.2) is 9.37 Å². The van der Waals surface area contributed by atoms with Gasteiger partial charge in [-0.2, -0.15) is 0 Å². The highest BCUT2D eigenvalue weighted by Crippen LogP contribution is 2.19. The van der Waals surface area contributed by atoms with Gasteiger partial charge in [-0.1, -0.05) is 0 Å². The van der Waals surface area contributed by atoms with Crippen molar-refractivity contribution < 1.29 is 4.39 Å². The molecule has 0 spiro atoms. The Morgan fingerprint density at radius 1 is 1.30 bits per heavy atom. The molecule has 27 heavy (non-hydrogen) atoms. The Bertz CT molecular complexity index is 899. The minimum absolute atomic E-state index is 0.219. The molecule has 0 bridgehead atoms. The Morgan fingerprint density at radius 3 is 2.96 bits per heavy atom. The van der Waals surface area contributed by atoms with Gasteiger partial charge in [-0.3, -0.25) is 4.99 Å². The van der Waals surface area contributed by atoms with Gasteiger partial charge in [-0.05, 0) is 50.5 Å². The van der Waals surface area contributed by atoms with Crippen molar-refractivity contribution in [2.45, 2.75) is 33.1 Å². The Kier molecular flexibility index (Phi) is 6.81. The molecule has 2 aromatic heterocycles. The second kappa shape index (κ2) is 9.50. The van der Waals surface area contributed by atoms with E-state index in [-0.39, 0.29) is 5.82 Å². The third kappa shape index (κ3) is 5.53. The van der Waals surface area contributed by atoms with Crippen LogP contribution in [-0.4, -0.2) is 35.6 Å². The van der Waals surface area contributed by atoms with Gasteiger partial charge in [0.1, 0.15) is 5.82 Å². The maximum absolute atomic E-state index is 13.3. The molecule has 0 aliphatic rings. The van der Waals surface area contributed by atoms with E-state index < -0.39 is 0 Å². The van der Waals surface area contributed by atoms with E-state index in [1.807, 2.05) is 19.2 Å². The molecule has 0 aliphatic heterocycles. The molecule has 0 saturated carbocycles. The molecule has 2 heterocycles. The van der Waals surface area contributed by atoms with E-state index >= 15 is 0 Å². The number of rotatable bonds is 8. The molecule has 0 fully saturated rings. The summed E-state index contributed by atoms with van der Waals surface area (Å²) in [6.45, 7) is 6.44. The quantitative estimate of drug-likeness (QED) is 0.313. The maximum Gasteiger partial charge on any atom is 0.191 e. The average molecular weight is 388 g/mol. The largest absolute Gasteiger partial charge is 0.361 e. The van der Waals surface area contributed by atoms with Crippen molar-refractivity contribution in [1.82, 2.24) is 20.6 Å². The van der Waals surface area contributed by atoms with Gasteiger partial charge in [0.25, 0.3) is 0 Å². The van der Waals surface area contributed by atoms with Crippen molar-refractivity contribution >= 4 is 28.2 Å². The molecule has 0 radical (unpaired) electrons. The van der Waals surface area contributed by atoms with Crippen LogP contribution in [0.3, 0.4) is 0 Å². The summed E-state index contributed by atoms with van der Waals surface area (Å²) < 4.78 is 13.3. The van der Waals surface area contributed by atoms with Gasteiger partial charge in [-0.15, -0.1) is 11.3 Å². The van der Waals surface area contributed by atoms with Crippen LogP contribution in [0.1, 0.15) is 29.6 Å². The fourth-order valence-electron chi connectivity index (χ4n) is 2.96. The zero-order chi connectivity index (χ0) is 19.1. The van der Waals surface area contributed by atoms with Crippen molar-refractivity contribution in [3.8, 4) is 0 Å². The number of aryl methyl sites for hydroxylation is 2. The average Bonchev–Trinajstić information content (AvgIpc) is 3.24. The first kappa shape index (κ1) is 19.4. The first-order valence-electron chi connectivity index (χ1n) is 9.34. The molecule has 0 atom stereocenters. The first-order valence-corrected chi connectivity index (χ1v) is 10.2. The highest BCUT2D eigenvalue weighted by Gasteiger charge is 2.05. The lowest BCUT2D eigenvalue weighted by molar-refractivity contribution is 0.629. The van der Waals surface area contributed by atoms with Crippen LogP contribution in [0, 0.1) is 12.7 Å². The van der Waals surface area contributed by atoms with Crippen LogP contribution in [-0.2, 0) is 12.8 Å². The molecule has 5 nitrogen and oxygen atoms in total. The molecular formula is C20H26FN5S. The van der Waals surface area contributed by atoms with Crippen molar-refractivity contribution in [2.24, 2.45) is 4.99 Å². The standard InChI is InChI=1S/C20H26FN5S/c1-3-22-20(23-9-4-5-19-26-14(2)13-27-19)24-10-8-15-12-25-18-11-16(21)6-7-17(15)18/h6-7,11-13,25H,3-5,8-10H2,1-2H3,(H2,22,23,24). The molecule has 0 amide bonds. The molecule has 3 rings (SSSR count). The minimum Gasteiger partial charge on any atom is -0.361 e. The number of nitrogens with one attached hydrogen (secondary N) is 3. The summed E-state index contributed by atoms with van der Waals surface area (Å²) in [6.07, 6.45) is 4.74. The number of hydrogen-bond acceptors (Lipinski definition) is 3. The summed E-state index contributed by atoms with van der Waals surface area (Å²) in [5.74, 6) is 0.613. The number of benzene rings is 1. The molecule has 0 aliphatic carbocycles. The van der Waals surface area contributed by atoms with Gasteiger partial charge in [0.2, 0.25) is 0 Å². The summed E-state index contributed by atoms with van der Waals surface area (Å²) in [5, 5.41) is 11.0. The molecular weight excluding hydrogens is 361 g/mol. The van der Waals surface area contributed by atoms with Crippen molar-refractivity contribution in [3.63, 3.8) is 0 Å². The molecule has 3 N–H and O–H groups in total. The Morgan fingerprint density at radius 2 is 2.19 bits per heavy atom. The summed E-state index contributed by atoms with van der Waals surface area (Å²) in [5.41, 5.74) is 3.10. The number of hydrogen-bond donors (Lipinski definition) is 3. The lowest BCUT2D eigenvalue weighted by Gasteiger charge is -2.11. The maximum atomic E-state index is 13.3. The van der Waals surface area contributed by atoms with E-state index in [0.29, 0.717) is 0 Å². The highest BCUT2D eigenvalue weighted by molar-refractivity contribution is 7.09. The first-order chi connectivity index (χ1) is 13.2. The zero-order valence-electron chi connectivity index (χ0n) is 15.8. The molecule has 7 heteroatoms. The van der Waals surface area contributed by atoms with Crippen LogP contribution < -0.4 is 10.6 Å². The minimum atomic E-state index is -0.219. The predicted molar refractivity (Wildman–Crippen MR) is 111 cm³/mol. The molecule has 3 aromatic rings. The molecule has 144 valence electrons. The van der Waals surface area contributed by atoms with Crippen molar-refractivity contribution in [1.29, 1.82) is 0 Å². The van der Waals surface area contributed by atoms with Crippen LogP contribution in [0.15, 0.2) is 34.8 Å². The SMILES string of the molecule is CCNC(=NCCCc1nc(C)cs1)NCCc1c[nH]c2cc(F)ccc12. The zero-order valence-corrected chi connectivity index (χ0v) is 16.6. The fraction of sp³-hybridized carbons (Fsp3) is 0.400. The van der Waals surface area contributed by atoms with Crippen LogP contribution >= 0.6 is 11.3 Å². The second-order valence-corrected chi connectivity index (χ2v) is 7.37. The summed E-state index contributed by atoms with van der Waals surface area (Å²) in [6, 6.07) is 4.86. The molecule has 0 saturated heterocycles. The lowest BCUT2D eigenvalue weighted by atomic mass is 10.1. The number of halogens is 1. The number of aromatic amines is 1. The second-order valence-electron chi connectivity index (χ2n) is 6.43. The molecule has 0 unspecified atom stereocenters. The highest BCUT2D eigenvalue weighted by atomic mass is 32.1. The number of aliphatic imine (C=N–C) groups is 1. The number of thiazole rings is 1. The third-order valence-corrected chi connectivity index (χ3v) is 5.27. The number of aromatic nitrogens is 2. The summed E-state index contributed by atoms with van der Waals surface area (Å²) >= 11 is 1.72. The van der Waals surface area contributed by atoms with E-state index in [1.54, 1.807) is 11.3 Å².